The Morgan fingerprint density at radius 3 is 1.06 bits per heavy atom. The van der Waals surface area contributed by atoms with Crippen LogP contribution in [0, 0.1) is 5.41 Å². The van der Waals surface area contributed by atoms with Crippen LogP contribution in [0.5, 0.6) is 17.2 Å². The number of hydrogen-bond donors (Lipinski definition) is 2. The summed E-state index contributed by atoms with van der Waals surface area (Å²) in [7, 11) is -1.59. The quantitative estimate of drug-likeness (QED) is 0.228. The zero-order valence-electron chi connectivity index (χ0n) is 17.1. The van der Waals surface area contributed by atoms with Gasteiger partial charge in [-0.25, -0.2) is 0 Å². The lowest BCUT2D eigenvalue weighted by molar-refractivity contribution is 0.0510. The molecule has 0 aliphatic heterocycles. The number of aliphatic hydroxyl groups is 2. The van der Waals surface area contributed by atoms with Crippen LogP contribution in [0.3, 0.4) is 0 Å². The molecule has 2 atom stereocenters. The number of hydrogen-bond acceptors (Lipinski definition) is 5. The van der Waals surface area contributed by atoms with Gasteiger partial charge in [-0.05, 0) is 36.4 Å². The van der Waals surface area contributed by atoms with Gasteiger partial charge in [0.25, 0.3) is 0 Å². The minimum absolute atomic E-state index is 0.556. The number of halogens is 2. The highest BCUT2D eigenvalue weighted by Gasteiger charge is 2.32. The molecule has 3 aromatic rings. The Morgan fingerprint density at radius 1 is 0.613 bits per heavy atom. The van der Waals surface area contributed by atoms with E-state index in [1.165, 1.54) is 0 Å². The molecule has 0 aliphatic carbocycles. The molecule has 2 N–H and O–H groups in total. The van der Waals surface area contributed by atoms with Crippen molar-refractivity contribution in [3.8, 4) is 17.2 Å². The number of alkyl halides is 2. The predicted octanol–water partition coefficient (Wildman–Crippen LogP) is 6.89. The molecule has 8 heteroatoms. The molecule has 0 radical (unpaired) electrons. The van der Waals surface area contributed by atoms with Gasteiger partial charge in [0.2, 0.25) is 0 Å². The van der Waals surface area contributed by atoms with Gasteiger partial charge in [0, 0.05) is 5.41 Å². The zero-order chi connectivity index (χ0) is 22.7. The fraction of sp³-hybridized carbons (Fsp3) is 0.217. The topological polar surface area (TPSA) is 68.2 Å². The third-order valence-corrected chi connectivity index (χ3v) is 7.44. The highest BCUT2D eigenvalue weighted by molar-refractivity contribution is 9.10. The van der Waals surface area contributed by atoms with E-state index >= 15 is 0 Å². The number of rotatable bonds is 8. The van der Waals surface area contributed by atoms with Crippen molar-refractivity contribution in [1.82, 2.24) is 0 Å². The molecule has 0 spiro atoms. The summed E-state index contributed by atoms with van der Waals surface area (Å²) >= 11 is 5.92. The van der Waals surface area contributed by atoms with Crippen molar-refractivity contribution in [2.24, 2.45) is 5.41 Å². The van der Waals surface area contributed by atoms with Gasteiger partial charge in [-0.3, -0.25) is 0 Å². The number of aliphatic hydroxyl groups excluding tert-OH is 2. The maximum absolute atomic E-state index is 8.98. The molecule has 0 amide bonds. The fourth-order valence-electron chi connectivity index (χ4n) is 1.87. The summed E-state index contributed by atoms with van der Waals surface area (Å²) < 4.78 is 17.5. The lowest BCUT2D eigenvalue weighted by Gasteiger charge is -2.28. The molecule has 3 rings (SSSR count). The van der Waals surface area contributed by atoms with E-state index < -0.39 is 24.0 Å². The lowest BCUT2D eigenvalue weighted by Crippen LogP contribution is -2.33. The summed E-state index contributed by atoms with van der Waals surface area (Å²) in [6.45, 7) is 3.48. The van der Waals surface area contributed by atoms with Gasteiger partial charge in [0.05, 0.1) is 0 Å². The van der Waals surface area contributed by atoms with Crippen LogP contribution in [0.25, 0.3) is 0 Å². The standard InChI is InChI=1S/C18H15O3P.C5H10Br2O2/c1-4-10-16(11-5-1)19-22(20-17-12-6-2-7-13-17)21-18-14-8-3-9-15-18;1-5(2,3(6)8)4(7)9/h1-15H;3-4,8-9H,1-2H3. The van der Waals surface area contributed by atoms with Crippen molar-refractivity contribution in [3.05, 3.63) is 91.0 Å². The van der Waals surface area contributed by atoms with Gasteiger partial charge < -0.3 is 23.8 Å². The zero-order valence-corrected chi connectivity index (χ0v) is 21.2. The van der Waals surface area contributed by atoms with Gasteiger partial charge >= 0.3 is 8.60 Å². The van der Waals surface area contributed by atoms with Crippen LogP contribution >= 0.6 is 40.5 Å². The average Bonchev–Trinajstić information content (AvgIpc) is 2.76. The van der Waals surface area contributed by atoms with Gasteiger partial charge in [0.15, 0.2) is 0 Å². The maximum atomic E-state index is 8.98. The molecule has 3 aromatic carbocycles. The Hall–Kier alpha value is -1.63. The summed E-state index contributed by atoms with van der Waals surface area (Å²) in [5.74, 6) is 2.13. The molecule has 0 fully saturated rings. The second-order valence-electron chi connectivity index (χ2n) is 6.93. The van der Waals surface area contributed by atoms with Gasteiger partial charge in [-0.15, -0.1) is 0 Å². The minimum Gasteiger partial charge on any atom is -0.409 e. The van der Waals surface area contributed by atoms with Crippen LogP contribution in [-0.2, 0) is 0 Å². The SMILES string of the molecule is CC(C)(C(O)Br)C(O)Br.c1ccc(OP(Oc2ccccc2)Oc2ccccc2)cc1. The van der Waals surface area contributed by atoms with E-state index in [1.54, 1.807) is 13.8 Å². The summed E-state index contributed by atoms with van der Waals surface area (Å²) in [6.07, 6.45) is 0. The highest BCUT2D eigenvalue weighted by atomic mass is 79.9. The summed E-state index contributed by atoms with van der Waals surface area (Å²) in [5, 5.41) is 16.6. The van der Waals surface area contributed by atoms with Crippen molar-refractivity contribution in [1.29, 1.82) is 0 Å². The molecule has 0 saturated heterocycles. The maximum Gasteiger partial charge on any atom is 0.530 e. The molecule has 2 unspecified atom stereocenters. The van der Waals surface area contributed by atoms with E-state index in [2.05, 4.69) is 31.9 Å². The third kappa shape index (κ3) is 9.17. The molecular formula is C23H25Br2O5P. The van der Waals surface area contributed by atoms with Crippen molar-refractivity contribution in [2.75, 3.05) is 0 Å². The molecule has 0 aliphatic rings. The van der Waals surface area contributed by atoms with E-state index in [4.69, 9.17) is 23.8 Å². The molecular weight excluding hydrogens is 547 g/mol. The fourth-order valence-corrected chi connectivity index (χ4v) is 3.72. The molecule has 0 saturated carbocycles. The van der Waals surface area contributed by atoms with Crippen LogP contribution in [-0.4, -0.2) is 20.2 Å². The summed E-state index contributed by atoms with van der Waals surface area (Å²) in [4.78, 5) is 0. The van der Waals surface area contributed by atoms with Crippen LogP contribution in [0.2, 0.25) is 0 Å². The molecule has 0 aromatic heterocycles. The monoisotopic (exact) mass is 570 g/mol. The number of benzene rings is 3. The number of para-hydroxylation sites is 3. The van der Waals surface area contributed by atoms with Crippen LogP contribution in [0.15, 0.2) is 91.0 Å². The van der Waals surface area contributed by atoms with E-state index in [0.717, 1.165) is 0 Å². The van der Waals surface area contributed by atoms with E-state index in [1.807, 2.05) is 91.0 Å². The van der Waals surface area contributed by atoms with Gasteiger partial charge in [-0.1, -0.05) is 100 Å². The van der Waals surface area contributed by atoms with Crippen molar-refractivity contribution < 1.29 is 23.8 Å². The largest absolute Gasteiger partial charge is 0.530 e. The first-order valence-corrected chi connectivity index (χ1v) is 12.3. The third-order valence-electron chi connectivity index (χ3n) is 4.00. The van der Waals surface area contributed by atoms with Crippen LogP contribution in [0.4, 0.5) is 0 Å². The van der Waals surface area contributed by atoms with Gasteiger partial charge in [0.1, 0.15) is 27.3 Å². The van der Waals surface area contributed by atoms with Crippen LogP contribution in [0.1, 0.15) is 13.8 Å². The van der Waals surface area contributed by atoms with E-state index in [-0.39, 0.29) is 0 Å². The average molecular weight is 572 g/mol. The first-order valence-electron chi connectivity index (χ1n) is 9.42. The molecule has 0 heterocycles. The van der Waals surface area contributed by atoms with Crippen molar-refractivity contribution in [3.63, 3.8) is 0 Å². The Balaban J connectivity index is 0.000000323. The van der Waals surface area contributed by atoms with Crippen molar-refractivity contribution in [2.45, 2.75) is 23.9 Å². The first kappa shape index (κ1) is 25.6. The van der Waals surface area contributed by atoms with Gasteiger partial charge in [-0.2, -0.15) is 0 Å². The Morgan fingerprint density at radius 2 is 0.871 bits per heavy atom. The van der Waals surface area contributed by atoms with E-state index in [9.17, 15) is 0 Å². The second kappa shape index (κ2) is 13.0. The van der Waals surface area contributed by atoms with E-state index in [0.29, 0.717) is 17.2 Å². The molecule has 166 valence electrons. The predicted molar refractivity (Wildman–Crippen MR) is 132 cm³/mol. The van der Waals surface area contributed by atoms with Crippen LogP contribution < -0.4 is 13.6 Å². The highest BCUT2D eigenvalue weighted by Crippen LogP contribution is 2.42. The Kier molecular flexibility index (Phi) is 10.8. The summed E-state index contributed by atoms with van der Waals surface area (Å²) in [6, 6.07) is 28.5. The first-order chi connectivity index (χ1) is 14.8. The Bertz CT molecular complexity index is 756. The normalized spacial score (nSPS) is 12.9. The molecule has 5 nitrogen and oxygen atoms in total. The second-order valence-corrected chi connectivity index (χ2v) is 9.66. The Labute approximate surface area is 201 Å². The molecule has 31 heavy (non-hydrogen) atoms. The summed E-state index contributed by atoms with van der Waals surface area (Å²) in [5.41, 5.74) is -0.556. The smallest absolute Gasteiger partial charge is 0.409 e. The van der Waals surface area contributed by atoms with Crippen molar-refractivity contribution >= 4 is 40.5 Å². The molecule has 0 bridgehead atoms. The minimum atomic E-state index is -1.59. The lowest BCUT2D eigenvalue weighted by atomic mass is 9.96.